The van der Waals surface area contributed by atoms with Crippen LogP contribution in [0.5, 0.6) is 0 Å². The monoisotopic (exact) mass is 437 g/mol. The smallest absolute Gasteiger partial charge is 0.347 e. The average Bonchev–Trinajstić information content (AvgIpc) is 2.93. The molecule has 32 heavy (non-hydrogen) atoms. The highest BCUT2D eigenvalue weighted by atomic mass is 19.4. The highest BCUT2D eigenvalue weighted by molar-refractivity contribution is 5.87. The Kier molecular flexibility index (Phi) is 4.93. The summed E-state index contributed by atoms with van der Waals surface area (Å²) in [6.45, 7) is 1.83. The van der Waals surface area contributed by atoms with E-state index in [1.165, 1.54) is 28.8 Å². The Labute approximate surface area is 182 Å². The summed E-state index contributed by atoms with van der Waals surface area (Å²) in [6, 6.07) is 14.0. The van der Waals surface area contributed by atoms with E-state index < -0.39 is 11.7 Å². The second kappa shape index (κ2) is 7.67. The van der Waals surface area contributed by atoms with E-state index >= 15 is 0 Å². The molecule has 0 saturated carbocycles. The maximum absolute atomic E-state index is 13.2. The summed E-state index contributed by atoms with van der Waals surface area (Å²) in [5, 5.41) is 4.64. The standard InChI is InChI=1S/C25H22F3N3O/c1-30-22-5-2-12-29-15-21(22)20-11-10-18(14-23(20)30)31-13-3-4-19(24(31)32)16-6-8-17(9-7-16)25(26,27)28/h3-4,6-11,13-14,29H,2,5,12,15H2,1H3. The van der Waals surface area contributed by atoms with E-state index in [9.17, 15) is 18.0 Å². The fourth-order valence-corrected chi connectivity index (χ4v) is 4.57. The van der Waals surface area contributed by atoms with E-state index in [1.54, 1.807) is 22.9 Å². The van der Waals surface area contributed by atoms with E-state index in [4.69, 9.17) is 0 Å². The lowest BCUT2D eigenvalue weighted by Crippen LogP contribution is -2.19. The number of alkyl halides is 3. The third kappa shape index (κ3) is 3.42. The van der Waals surface area contributed by atoms with Crippen molar-refractivity contribution in [3.05, 3.63) is 88.0 Å². The minimum Gasteiger partial charge on any atom is -0.347 e. The predicted molar refractivity (Wildman–Crippen MR) is 119 cm³/mol. The summed E-state index contributed by atoms with van der Waals surface area (Å²) in [5.74, 6) is 0. The third-order valence-corrected chi connectivity index (χ3v) is 6.24. The summed E-state index contributed by atoms with van der Waals surface area (Å²) in [6.07, 6.45) is -0.634. The summed E-state index contributed by atoms with van der Waals surface area (Å²) in [5.41, 5.74) is 4.20. The molecule has 1 aliphatic rings. The number of hydrogen-bond acceptors (Lipinski definition) is 2. The maximum atomic E-state index is 13.2. The number of nitrogens with one attached hydrogen (secondary N) is 1. The molecular formula is C25H22F3N3O. The molecule has 0 fully saturated rings. The molecular weight excluding hydrogens is 415 g/mol. The molecule has 0 bridgehead atoms. The van der Waals surface area contributed by atoms with Crippen LogP contribution in [0.25, 0.3) is 27.7 Å². The Bertz CT molecular complexity index is 1360. The first-order valence-corrected chi connectivity index (χ1v) is 10.5. The molecule has 2 aromatic carbocycles. The van der Waals surface area contributed by atoms with Crippen LogP contribution in [0.3, 0.4) is 0 Å². The van der Waals surface area contributed by atoms with Gasteiger partial charge in [-0.15, -0.1) is 0 Å². The molecule has 0 atom stereocenters. The number of halogens is 3. The zero-order chi connectivity index (χ0) is 22.5. The van der Waals surface area contributed by atoms with E-state index in [2.05, 4.69) is 16.9 Å². The van der Waals surface area contributed by atoms with Gasteiger partial charge in [0.2, 0.25) is 0 Å². The van der Waals surface area contributed by atoms with Crippen LogP contribution >= 0.6 is 0 Å². The molecule has 3 heterocycles. The van der Waals surface area contributed by atoms with Gasteiger partial charge in [-0.25, -0.2) is 0 Å². The summed E-state index contributed by atoms with van der Waals surface area (Å²) < 4.78 is 42.4. The van der Waals surface area contributed by atoms with Crippen molar-refractivity contribution in [3.8, 4) is 16.8 Å². The van der Waals surface area contributed by atoms with Crippen LogP contribution in [0.15, 0.2) is 65.6 Å². The Balaban J connectivity index is 1.59. The third-order valence-electron chi connectivity index (χ3n) is 6.24. The van der Waals surface area contributed by atoms with E-state index in [-0.39, 0.29) is 5.56 Å². The lowest BCUT2D eigenvalue weighted by atomic mass is 10.0. The van der Waals surface area contributed by atoms with Gasteiger partial charge in [-0.2, -0.15) is 13.2 Å². The molecule has 0 aliphatic carbocycles. The number of hydrogen-bond donors (Lipinski definition) is 1. The molecule has 0 spiro atoms. The van der Waals surface area contributed by atoms with Gasteiger partial charge in [-0.05, 0) is 66.9 Å². The molecule has 4 aromatic rings. The Morgan fingerprint density at radius 1 is 1.03 bits per heavy atom. The molecule has 4 nitrogen and oxygen atoms in total. The van der Waals surface area contributed by atoms with Crippen LogP contribution < -0.4 is 10.9 Å². The van der Waals surface area contributed by atoms with E-state index in [0.717, 1.165) is 49.3 Å². The zero-order valence-electron chi connectivity index (χ0n) is 17.5. The minimum atomic E-state index is -4.41. The SMILES string of the molecule is Cn1c2c(c3ccc(-n4cccc(-c5ccc(C(F)(F)F)cc5)c4=O)cc31)CNCCC2. The minimum absolute atomic E-state index is 0.274. The second-order valence-electron chi connectivity index (χ2n) is 8.14. The first-order valence-electron chi connectivity index (χ1n) is 10.5. The van der Waals surface area contributed by atoms with Gasteiger partial charge < -0.3 is 9.88 Å². The molecule has 5 rings (SSSR count). The van der Waals surface area contributed by atoms with Gasteiger partial charge in [-0.1, -0.05) is 18.2 Å². The van der Waals surface area contributed by atoms with Crippen molar-refractivity contribution < 1.29 is 13.2 Å². The number of aryl methyl sites for hydroxylation is 1. The lowest BCUT2D eigenvalue weighted by molar-refractivity contribution is -0.137. The summed E-state index contributed by atoms with van der Waals surface area (Å²) >= 11 is 0. The molecule has 2 aromatic heterocycles. The largest absolute Gasteiger partial charge is 0.416 e. The normalized spacial score (nSPS) is 14.4. The number of fused-ring (bicyclic) bond motifs is 3. The number of aromatic nitrogens is 2. The van der Waals surface area contributed by atoms with Crippen LogP contribution in [-0.4, -0.2) is 15.7 Å². The summed E-state index contributed by atoms with van der Waals surface area (Å²) in [4.78, 5) is 13.2. The number of rotatable bonds is 2. The Hall–Kier alpha value is -3.32. The molecule has 0 radical (unpaired) electrons. The zero-order valence-corrected chi connectivity index (χ0v) is 17.5. The van der Waals surface area contributed by atoms with Gasteiger partial charge in [0.05, 0.1) is 16.8 Å². The van der Waals surface area contributed by atoms with Crippen LogP contribution in [-0.2, 0) is 26.2 Å². The van der Waals surface area contributed by atoms with Crippen molar-refractivity contribution in [1.29, 1.82) is 0 Å². The van der Waals surface area contributed by atoms with Crippen LogP contribution in [0.4, 0.5) is 13.2 Å². The topological polar surface area (TPSA) is 39.0 Å². The molecule has 0 unspecified atom stereocenters. The number of pyridine rings is 1. The van der Waals surface area contributed by atoms with Gasteiger partial charge >= 0.3 is 6.18 Å². The van der Waals surface area contributed by atoms with Crippen molar-refractivity contribution in [2.75, 3.05) is 6.54 Å². The molecule has 0 amide bonds. The van der Waals surface area contributed by atoms with Gasteiger partial charge in [0.25, 0.3) is 5.56 Å². The first kappa shape index (κ1) is 20.6. The first-order chi connectivity index (χ1) is 15.3. The van der Waals surface area contributed by atoms with Crippen molar-refractivity contribution in [2.45, 2.75) is 25.6 Å². The van der Waals surface area contributed by atoms with Crippen molar-refractivity contribution in [2.24, 2.45) is 7.05 Å². The average molecular weight is 437 g/mol. The number of nitrogens with zero attached hydrogens (tertiary/aromatic N) is 2. The van der Waals surface area contributed by atoms with Gasteiger partial charge in [0, 0.05) is 36.4 Å². The fraction of sp³-hybridized carbons (Fsp3) is 0.240. The summed E-state index contributed by atoms with van der Waals surface area (Å²) in [7, 11) is 2.05. The van der Waals surface area contributed by atoms with Gasteiger partial charge in [0.1, 0.15) is 0 Å². The number of benzene rings is 2. The fourth-order valence-electron chi connectivity index (χ4n) is 4.57. The van der Waals surface area contributed by atoms with Gasteiger partial charge in [-0.3, -0.25) is 9.36 Å². The van der Waals surface area contributed by atoms with Crippen molar-refractivity contribution >= 4 is 10.9 Å². The van der Waals surface area contributed by atoms with E-state index in [1.807, 2.05) is 18.2 Å². The molecule has 7 heteroatoms. The van der Waals surface area contributed by atoms with Crippen LogP contribution in [0.1, 0.15) is 23.2 Å². The predicted octanol–water partition coefficient (Wildman–Crippen LogP) is 5.05. The second-order valence-corrected chi connectivity index (χ2v) is 8.14. The van der Waals surface area contributed by atoms with Crippen molar-refractivity contribution in [1.82, 2.24) is 14.5 Å². The highest BCUT2D eigenvalue weighted by Crippen LogP contribution is 2.31. The molecule has 164 valence electrons. The van der Waals surface area contributed by atoms with Crippen LogP contribution in [0.2, 0.25) is 0 Å². The van der Waals surface area contributed by atoms with Crippen molar-refractivity contribution in [3.63, 3.8) is 0 Å². The van der Waals surface area contributed by atoms with Gasteiger partial charge in [0.15, 0.2) is 0 Å². The van der Waals surface area contributed by atoms with E-state index in [0.29, 0.717) is 11.1 Å². The molecule has 1 N–H and O–H groups in total. The lowest BCUT2D eigenvalue weighted by Gasteiger charge is -2.11. The molecule has 1 aliphatic heterocycles. The van der Waals surface area contributed by atoms with Crippen LogP contribution in [0, 0.1) is 0 Å². The highest BCUT2D eigenvalue weighted by Gasteiger charge is 2.30. The Morgan fingerprint density at radius 3 is 2.56 bits per heavy atom. The quantitative estimate of drug-likeness (QED) is 0.477. The maximum Gasteiger partial charge on any atom is 0.416 e. The Morgan fingerprint density at radius 2 is 1.81 bits per heavy atom. The molecule has 0 saturated heterocycles.